The zero-order chi connectivity index (χ0) is 15.7. The van der Waals surface area contributed by atoms with Crippen LogP contribution in [0.3, 0.4) is 0 Å². The summed E-state index contributed by atoms with van der Waals surface area (Å²) < 4.78 is 0. The molecule has 3 atom stereocenters. The summed E-state index contributed by atoms with van der Waals surface area (Å²) in [5.74, 6) is 0.477. The molecule has 0 N–H and O–H groups in total. The van der Waals surface area contributed by atoms with E-state index in [1.165, 1.54) is 0 Å². The summed E-state index contributed by atoms with van der Waals surface area (Å²) >= 11 is 0. The molecule has 0 saturated carbocycles. The van der Waals surface area contributed by atoms with Crippen molar-refractivity contribution < 1.29 is 9.59 Å². The summed E-state index contributed by atoms with van der Waals surface area (Å²) in [7, 11) is 0. The van der Waals surface area contributed by atoms with Gasteiger partial charge in [0.25, 0.3) is 0 Å². The van der Waals surface area contributed by atoms with Gasteiger partial charge in [0.15, 0.2) is 0 Å². The van der Waals surface area contributed by atoms with E-state index in [1.54, 1.807) is 6.92 Å². The predicted octanol–water partition coefficient (Wildman–Crippen LogP) is 1.47. The lowest BCUT2D eigenvalue weighted by Crippen LogP contribution is -2.54. The minimum atomic E-state index is -0.0417. The van der Waals surface area contributed by atoms with Crippen LogP contribution in [0.1, 0.15) is 52.4 Å². The number of likely N-dealkylation sites (tertiary alicyclic amines) is 3. The first-order valence-electron chi connectivity index (χ1n) is 8.91. The van der Waals surface area contributed by atoms with Crippen molar-refractivity contribution in [3.63, 3.8) is 0 Å². The molecular weight excluding hydrogens is 278 g/mol. The molecule has 3 fully saturated rings. The number of hydrogen-bond acceptors (Lipinski definition) is 3. The number of amides is 2. The maximum atomic E-state index is 12.7. The van der Waals surface area contributed by atoms with E-state index >= 15 is 0 Å². The fourth-order valence-corrected chi connectivity index (χ4v) is 4.64. The minimum Gasteiger partial charge on any atom is -0.341 e. The predicted molar refractivity (Wildman–Crippen MR) is 85.4 cm³/mol. The van der Waals surface area contributed by atoms with Crippen molar-refractivity contribution >= 4 is 11.8 Å². The SMILES string of the molecule is CC(=O)N1CCC[C@@H]1[C@@H]1CCCN1[C@H](C)C(=O)N1CCCC1. The largest absolute Gasteiger partial charge is 0.341 e. The van der Waals surface area contributed by atoms with Gasteiger partial charge in [-0.3, -0.25) is 14.5 Å². The maximum Gasteiger partial charge on any atom is 0.239 e. The Morgan fingerprint density at radius 2 is 1.55 bits per heavy atom. The molecule has 0 radical (unpaired) electrons. The van der Waals surface area contributed by atoms with Crippen molar-refractivity contribution in [1.29, 1.82) is 0 Å². The first-order chi connectivity index (χ1) is 10.6. The third-order valence-corrected chi connectivity index (χ3v) is 5.76. The lowest BCUT2D eigenvalue weighted by atomic mass is 10.0. The molecule has 5 heteroatoms. The second kappa shape index (κ2) is 6.57. The van der Waals surface area contributed by atoms with Crippen molar-refractivity contribution in [3.05, 3.63) is 0 Å². The van der Waals surface area contributed by atoms with Crippen LogP contribution in [-0.4, -0.2) is 70.8 Å². The van der Waals surface area contributed by atoms with E-state index in [1.807, 2.05) is 9.80 Å². The molecule has 3 aliphatic heterocycles. The van der Waals surface area contributed by atoms with E-state index in [4.69, 9.17) is 0 Å². The van der Waals surface area contributed by atoms with Gasteiger partial charge in [0.1, 0.15) is 0 Å². The van der Waals surface area contributed by atoms with Gasteiger partial charge in [0.05, 0.1) is 6.04 Å². The number of carbonyl (C=O) groups is 2. The Balaban J connectivity index is 1.69. The lowest BCUT2D eigenvalue weighted by molar-refractivity contribution is -0.136. The fourth-order valence-electron chi connectivity index (χ4n) is 4.64. The highest BCUT2D eigenvalue weighted by Gasteiger charge is 2.42. The zero-order valence-corrected chi connectivity index (χ0v) is 14.0. The lowest BCUT2D eigenvalue weighted by Gasteiger charge is -2.38. The first-order valence-corrected chi connectivity index (χ1v) is 8.91. The van der Waals surface area contributed by atoms with Crippen LogP contribution in [0, 0.1) is 0 Å². The van der Waals surface area contributed by atoms with Crippen LogP contribution in [0.25, 0.3) is 0 Å². The molecule has 3 saturated heterocycles. The molecule has 3 aliphatic rings. The smallest absolute Gasteiger partial charge is 0.239 e. The van der Waals surface area contributed by atoms with Gasteiger partial charge >= 0.3 is 0 Å². The second-order valence-corrected chi connectivity index (χ2v) is 7.08. The summed E-state index contributed by atoms with van der Waals surface area (Å²) in [6.45, 7) is 7.46. The normalized spacial score (nSPS) is 31.0. The highest BCUT2D eigenvalue weighted by molar-refractivity contribution is 5.81. The average molecular weight is 307 g/mol. The van der Waals surface area contributed by atoms with Gasteiger partial charge in [-0.15, -0.1) is 0 Å². The van der Waals surface area contributed by atoms with Crippen LogP contribution in [0.15, 0.2) is 0 Å². The maximum absolute atomic E-state index is 12.7. The Kier molecular flexibility index (Phi) is 4.71. The first kappa shape index (κ1) is 15.8. The molecule has 0 aliphatic carbocycles. The molecule has 0 spiro atoms. The van der Waals surface area contributed by atoms with Crippen molar-refractivity contribution in [1.82, 2.24) is 14.7 Å². The number of carbonyl (C=O) groups excluding carboxylic acids is 2. The van der Waals surface area contributed by atoms with Crippen molar-refractivity contribution in [3.8, 4) is 0 Å². The van der Waals surface area contributed by atoms with E-state index in [0.29, 0.717) is 12.1 Å². The van der Waals surface area contributed by atoms with Crippen LogP contribution in [0.5, 0.6) is 0 Å². The molecule has 0 bridgehead atoms. The molecule has 3 heterocycles. The molecule has 0 aromatic carbocycles. The van der Waals surface area contributed by atoms with Gasteiger partial charge < -0.3 is 9.80 Å². The highest BCUT2D eigenvalue weighted by atomic mass is 16.2. The summed E-state index contributed by atoms with van der Waals surface area (Å²) in [5.41, 5.74) is 0. The Hall–Kier alpha value is -1.10. The van der Waals surface area contributed by atoms with Crippen LogP contribution in [0.4, 0.5) is 0 Å². The summed E-state index contributed by atoms with van der Waals surface area (Å²) in [5, 5.41) is 0. The summed E-state index contributed by atoms with van der Waals surface area (Å²) in [6.07, 6.45) is 6.73. The molecule has 0 unspecified atom stereocenters. The van der Waals surface area contributed by atoms with Gasteiger partial charge in [-0.05, 0) is 52.0 Å². The second-order valence-electron chi connectivity index (χ2n) is 7.08. The van der Waals surface area contributed by atoms with Gasteiger partial charge in [-0.25, -0.2) is 0 Å². The van der Waals surface area contributed by atoms with Crippen molar-refractivity contribution in [2.45, 2.75) is 70.5 Å². The third kappa shape index (κ3) is 2.87. The number of nitrogens with zero attached hydrogens (tertiary/aromatic N) is 3. The molecule has 3 rings (SSSR count). The Bertz CT molecular complexity index is 434. The monoisotopic (exact) mass is 307 g/mol. The highest BCUT2D eigenvalue weighted by Crippen LogP contribution is 2.32. The van der Waals surface area contributed by atoms with Gasteiger partial charge in [0.2, 0.25) is 11.8 Å². The van der Waals surface area contributed by atoms with Crippen molar-refractivity contribution in [2.24, 2.45) is 0 Å². The van der Waals surface area contributed by atoms with Crippen LogP contribution < -0.4 is 0 Å². The van der Waals surface area contributed by atoms with E-state index in [9.17, 15) is 9.59 Å². The molecule has 2 amide bonds. The standard InChI is InChI=1S/C17H29N3O2/c1-13(17(22)18-9-3-4-10-18)19-11-5-7-15(19)16-8-6-12-20(16)14(2)21/h13,15-16H,3-12H2,1-2H3/t13-,15+,16-/m1/s1. The Morgan fingerprint density at radius 1 is 0.909 bits per heavy atom. The Morgan fingerprint density at radius 3 is 2.23 bits per heavy atom. The number of rotatable bonds is 3. The van der Waals surface area contributed by atoms with Crippen LogP contribution in [0.2, 0.25) is 0 Å². The van der Waals surface area contributed by atoms with E-state index in [0.717, 1.165) is 64.7 Å². The summed E-state index contributed by atoms with van der Waals surface area (Å²) in [6, 6.07) is 0.641. The fraction of sp³-hybridized carbons (Fsp3) is 0.882. The Labute approximate surface area is 133 Å². The molecule has 22 heavy (non-hydrogen) atoms. The summed E-state index contributed by atoms with van der Waals surface area (Å²) in [4.78, 5) is 31.0. The molecular formula is C17H29N3O2. The van der Waals surface area contributed by atoms with Crippen LogP contribution in [-0.2, 0) is 9.59 Å². The van der Waals surface area contributed by atoms with E-state index < -0.39 is 0 Å². The number of hydrogen-bond donors (Lipinski definition) is 0. The molecule has 5 nitrogen and oxygen atoms in total. The average Bonchev–Trinajstić information content (AvgIpc) is 3.24. The van der Waals surface area contributed by atoms with E-state index in [2.05, 4.69) is 11.8 Å². The molecule has 124 valence electrons. The topological polar surface area (TPSA) is 43.9 Å². The van der Waals surface area contributed by atoms with Gasteiger partial charge in [0, 0.05) is 38.6 Å². The quantitative estimate of drug-likeness (QED) is 0.793. The van der Waals surface area contributed by atoms with Crippen LogP contribution >= 0.6 is 0 Å². The van der Waals surface area contributed by atoms with Gasteiger partial charge in [-0.2, -0.15) is 0 Å². The minimum absolute atomic E-state index is 0.0417. The van der Waals surface area contributed by atoms with Crippen molar-refractivity contribution in [2.75, 3.05) is 26.2 Å². The van der Waals surface area contributed by atoms with E-state index in [-0.39, 0.29) is 17.9 Å². The zero-order valence-electron chi connectivity index (χ0n) is 14.0. The van der Waals surface area contributed by atoms with Gasteiger partial charge in [-0.1, -0.05) is 0 Å². The molecule has 0 aromatic rings. The molecule has 0 aromatic heterocycles. The third-order valence-electron chi connectivity index (χ3n) is 5.76.